The van der Waals surface area contributed by atoms with Crippen LogP contribution in [0.25, 0.3) is 0 Å². The van der Waals surface area contributed by atoms with Crippen molar-refractivity contribution in [2.24, 2.45) is 11.7 Å². The number of benzene rings is 1. The van der Waals surface area contributed by atoms with Gasteiger partial charge < -0.3 is 5.73 Å². The lowest BCUT2D eigenvalue weighted by Crippen LogP contribution is -2.30. The van der Waals surface area contributed by atoms with Gasteiger partial charge in [-0.05, 0) is 24.3 Å². The third kappa shape index (κ3) is 3.53. The zero-order chi connectivity index (χ0) is 11.2. The minimum absolute atomic E-state index is 0.413. The number of nitrogens with two attached hydrogens (primary N) is 1. The van der Waals surface area contributed by atoms with Crippen LogP contribution in [0.3, 0.4) is 0 Å². The third-order valence-corrected chi connectivity index (χ3v) is 4.59. The van der Waals surface area contributed by atoms with Gasteiger partial charge in [-0.3, -0.25) is 0 Å². The predicted octanol–water partition coefficient (Wildman–Crippen LogP) is 3.44. The molecular weight excluding hydrogens is 214 g/mol. The molecule has 16 heavy (non-hydrogen) atoms. The molecule has 88 valence electrons. The summed E-state index contributed by atoms with van der Waals surface area (Å²) in [6, 6.07) is 11.1. The Morgan fingerprint density at radius 3 is 2.56 bits per heavy atom. The Balaban J connectivity index is 1.67. The lowest BCUT2D eigenvalue weighted by molar-refractivity contribution is 0.463. The second kappa shape index (κ2) is 6.31. The molecule has 1 atom stereocenters. The van der Waals surface area contributed by atoms with Crippen molar-refractivity contribution in [1.29, 1.82) is 0 Å². The summed E-state index contributed by atoms with van der Waals surface area (Å²) in [5.74, 6) is 3.00. The zero-order valence-corrected chi connectivity index (χ0v) is 10.6. The molecular formula is C14H21NS. The van der Waals surface area contributed by atoms with Gasteiger partial charge in [-0.25, -0.2) is 0 Å². The summed E-state index contributed by atoms with van der Waals surface area (Å²) >= 11 is 1.98. The van der Waals surface area contributed by atoms with Crippen LogP contribution in [-0.2, 0) is 5.75 Å². The molecule has 1 unspecified atom stereocenters. The van der Waals surface area contributed by atoms with Crippen molar-refractivity contribution in [2.75, 3.05) is 5.75 Å². The van der Waals surface area contributed by atoms with Gasteiger partial charge in [-0.15, -0.1) is 0 Å². The van der Waals surface area contributed by atoms with Crippen LogP contribution in [0.4, 0.5) is 0 Å². The topological polar surface area (TPSA) is 26.0 Å². The van der Waals surface area contributed by atoms with Crippen molar-refractivity contribution in [3.8, 4) is 0 Å². The van der Waals surface area contributed by atoms with Crippen LogP contribution >= 0.6 is 11.8 Å². The van der Waals surface area contributed by atoms with Crippen LogP contribution in [0, 0.1) is 5.92 Å². The molecule has 1 nitrogen and oxygen atoms in total. The van der Waals surface area contributed by atoms with Gasteiger partial charge in [0.2, 0.25) is 0 Å². The van der Waals surface area contributed by atoms with Gasteiger partial charge in [0.1, 0.15) is 0 Å². The second-order valence-corrected chi connectivity index (χ2v) is 5.74. The molecule has 1 fully saturated rings. The van der Waals surface area contributed by atoms with E-state index in [1.54, 1.807) is 0 Å². The summed E-state index contributed by atoms with van der Waals surface area (Å²) in [5.41, 5.74) is 7.63. The molecule has 0 amide bonds. The quantitative estimate of drug-likeness (QED) is 0.846. The average Bonchev–Trinajstić information content (AvgIpc) is 2.84. The van der Waals surface area contributed by atoms with E-state index in [0.717, 1.165) is 17.4 Å². The van der Waals surface area contributed by atoms with E-state index in [1.807, 2.05) is 11.8 Å². The molecule has 1 saturated carbocycles. The molecule has 1 aliphatic rings. The van der Waals surface area contributed by atoms with Gasteiger partial charge in [0.25, 0.3) is 0 Å². The summed E-state index contributed by atoms with van der Waals surface area (Å²) < 4.78 is 0. The fourth-order valence-corrected chi connectivity index (χ4v) is 3.50. The van der Waals surface area contributed by atoms with E-state index >= 15 is 0 Å². The molecule has 1 aliphatic carbocycles. The maximum absolute atomic E-state index is 6.22. The number of thioether (sulfide) groups is 1. The van der Waals surface area contributed by atoms with Gasteiger partial charge in [0.05, 0.1) is 0 Å². The smallest absolute Gasteiger partial charge is 0.0185 e. The standard InChI is InChI=1S/C14H21NS/c15-14(13-8-4-5-9-13)11-16-10-12-6-2-1-3-7-12/h1-3,6-7,13-14H,4-5,8-11,15H2. The van der Waals surface area contributed by atoms with Crippen LogP contribution in [0.5, 0.6) is 0 Å². The molecule has 0 saturated heterocycles. The summed E-state index contributed by atoms with van der Waals surface area (Å²) in [6.45, 7) is 0. The largest absolute Gasteiger partial charge is 0.327 e. The highest BCUT2D eigenvalue weighted by molar-refractivity contribution is 7.98. The first-order valence-corrected chi connectivity index (χ1v) is 7.39. The van der Waals surface area contributed by atoms with E-state index in [4.69, 9.17) is 5.73 Å². The highest BCUT2D eigenvalue weighted by Gasteiger charge is 2.21. The predicted molar refractivity (Wildman–Crippen MR) is 72.5 cm³/mol. The second-order valence-electron chi connectivity index (χ2n) is 4.71. The van der Waals surface area contributed by atoms with E-state index in [0.29, 0.717) is 6.04 Å². The minimum atomic E-state index is 0.413. The molecule has 0 heterocycles. The van der Waals surface area contributed by atoms with E-state index in [1.165, 1.54) is 31.2 Å². The highest BCUT2D eigenvalue weighted by Crippen LogP contribution is 2.28. The Morgan fingerprint density at radius 1 is 1.19 bits per heavy atom. The van der Waals surface area contributed by atoms with Gasteiger partial charge in [-0.2, -0.15) is 11.8 Å². The fourth-order valence-electron chi connectivity index (χ4n) is 2.41. The van der Waals surface area contributed by atoms with E-state index in [9.17, 15) is 0 Å². The summed E-state index contributed by atoms with van der Waals surface area (Å²) in [6.07, 6.45) is 5.49. The molecule has 2 heteroatoms. The molecule has 2 N–H and O–H groups in total. The monoisotopic (exact) mass is 235 g/mol. The highest BCUT2D eigenvalue weighted by atomic mass is 32.2. The Kier molecular flexibility index (Phi) is 4.73. The van der Waals surface area contributed by atoms with E-state index < -0.39 is 0 Å². The minimum Gasteiger partial charge on any atom is -0.327 e. The third-order valence-electron chi connectivity index (χ3n) is 3.43. The molecule has 2 rings (SSSR count). The molecule has 1 aromatic rings. The Hall–Kier alpha value is -0.470. The average molecular weight is 235 g/mol. The number of hydrogen-bond donors (Lipinski definition) is 1. The van der Waals surface area contributed by atoms with Gasteiger partial charge in [-0.1, -0.05) is 43.2 Å². The molecule has 0 radical (unpaired) electrons. The summed E-state index contributed by atoms with van der Waals surface area (Å²) in [5, 5.41) is 0. The van der Waals surface area contributed by atoms with Gasteiger partial charge in [0, 0.05) is 17.5 Å². The Bertz CT molecular complexity index is 293. The Labute approximate surface area is 103 Å². The molecule has 0 bridgehead atoms. The first kappa shape index (κ1) is 12.0. The van der Waals surface area contributed by atoms with Crippen LogP contribution in [0.15, 0.2) is 30.3 Å². The maximum Gasteiger partial charge on any atom is 0.0185 e. The SMILES string of the molecule is NC(CSCc1ccccc1)C1CCCC1. The maximum atomic E-state index is 6.22. The summed E-state index contributed by atoms with van der Waals surface area (Å²) in [4.78, 5) is 0. The lowest BCUT2D eigenvalue weighted by Gasteiger charge is -2.18. The van der Waals surface area contributed by atoms with Crippen LogP contribution in [0.2, 0.25) is 0 Å². The van der Waals surface area contributed by atoms with Crippen molar-refractivity contribution in [3.05, 3.63) is 35.9 Å². The molecule has 0 aliphatic heterocycles. The Morgan fingerprint density at radius 2 is 1.88 bits per heavy atom. The zero-order valence-electron chi connectivity index (χ0n) is 9.77. The molecule has 0 spiro atoms. The van der Waals surface area contributed by atoms with Crippen molar-refractivity contribution < 1.29 is 0 Å². The van der Waals surface area contributed by atoms with Crippen molar-refractivity contribution >= 4 is 11.8 Å². The normalized spacial score (nSPS) is 18.8. The molecule has 1 aromatic carbocycles. The first-order chi connectivity index (χ1) is 7.86. The first-order valence-electron chi connectivity index (χ1n) is 6.23. The van der Waals surface area contributed by atoms with Crippen LogP contribution in [0.1, 0.15) is 31.2 Å². The van der Waals surface area contributed by atoms with Gasteiger partial charge in [0.15, 0.2) is 0 Å². The van der Waals surface area contributed by atoms with Gasteiger partial charge >= 0.3 is 0 Å². The summed E-state index contributed by atoms with van der Waals surface area (Å²) in [7, 11) is 0. The van der Waals surface area contributed by atoms with Crippen LogP contribution in [-0.4, -0.2) is 11.8 Å². The van der Waals surface area contributed by atoms with Crippen molar-refractivity contribution in [1.82, 2.24) is 0 Å². The van der Waals surface area contributed by atoms with Crippen molar-refractivity contribution in [2.45, 2.75) is 37.5 Å². The molecule has 0 aromatic heterocycles. The van der Waals surface area contributed by atoms with Crippen molar-refractivity contribution in [3.63, 3.8) is 0 Å². The van der Waals surface area contributed by atoms with E-state index in [2.05, 4.69) is 30.3 Å². The van der Waals surface area contributed by atoms with E-state index in [-0.39, 0.29) is 0 Å². The lowest BCUT2D eigenvalue weighted by atomic mass is 10.0. The fraction of sp³-hybridized carbons (Fsp3) is 0.571. The number of rotatable bonds is 5. The number of hydrogen-bond acceptors (Lipinski definition) is 2. The van der Waals surface area contributed by atoms with Crippen LogP contribution < -0.4 is 5.73 Å².